The van der Waals surface area contributed by atoms with Gasteiger partial charge in [0.15, 0.2) is 5.16 Å². The topological polar surface area (TPSA) is 233 Å². The number of H-pyrrole nitrogens is 2. The third kappa shape index (κ3) is 9.80. The number of rotatable bonds is 17. The van der Waals surface area contributed by atoms with Gasteiger partial charge in [0.05, 0.1) is 53.3 Å². The lowest BCUT2D eigenvalue weighted by Gasteiger charge is -2.19. The highest BCUT2D eigenvalue weighted by atomic mass is 32.2. The number of hydrogen-bond acceptors (Lipinski definition) is 12. The number of nitrogens with zero attached hydrogens (tertiary/aromatic N) is 4. The summed E-state index contributed by atoms with van der Waals surface area (Å²) in [6.45, 7) is 3.18. The second kappa shape index (κ2) is 16.3. The number of aromatic amines is 2. The Hall–Kier alpha value is -5.39. The minimum Gasteiger partial charge on any atom is -0.497 e. The number of ether oxygens (including phenoxy) is 2. The monoisotopic (exact) mass is 670 g/mol. The van der Waals surface area contributed by atoms with E-state index in [9.17, 15) is 28.7 Å². The molecule has 250 valence electrons. The SMILES string of the molecule is COc1ccc2nc(S(=O)Cc3ncc(C)c(OC(=O)[C@H](Cc4cnc[nH]4)NC(=O)CCNC(=O)CCCO[N+](=O)[O-])c3C)[nH]c2c1. The maximum absolute atomic E-state index is 13.5. The van der Waals surface area contributed by atoms with Gasteiger partial charge in [-0.2, -0.15) is 0 Å². The molecule has 4 aromatic rings. The Labute approximate surface area is 270 Å². The summed E-state index contributed by atoms with van der Waals surface area (Å²) in [5.74, 6) is -0.825. The van der Waals surface area contributed by atoms with Crippen LogP contribution in [0.1, 0.15) is 41.8 Å². The van der Waals surface area contributed by atoms with Gasteiger partial charge in [-0.1, -0.05) is 0 Å². The zero-order valence-electron chi connectivity index (χ0n) is 25.9. The molecule has 2 atom stereocenters. The minimum absolute atomic E-state index is 0.00357. The van der Waals surface area contributed by atoms with Crippen molar-refractivity contribution < 1.29 is 38.0 Å². The van der Waals surface area contributed by atoms with Crippen molar-refractivity contribution in [3.63, 3.8) is 0 Å². The number of pyridine rings is 1. The van der Waals surface area contributed by atoms with Crippen molar-refractivity contribution in [2.24, 2.45) is 0 Å². The fourth-order valence-electron chi connectivity index (χ4n) is 4.48. The molecule has 4 N–H and O–H groups in total. The first-order chi connectivity index (χ1) is 22.5. The third-order valence-corrected chi connectivity index (χ3v) is 8.08. The summed E-state index contributed by atoms with van der Waals surface area (Å²) in [6, 6.07) is 4.15. The number of carbonyl (C=O) groups excluding carboxylic acids is 3. The number of carbonyl (C=O) groups is 3. The number of amides is 2. The van der Waals surface area contributed by atoms with Crippen molar-refractivity contribution >= 4 is 39.6 Å². The van der Waals surface area contributed by atoms with Crippen LogP contribution in [0.2, 0.25) is 0 Å². The Morgan fingerprint density at radius 2 is 1.96 bits per heavy atom. The molecule has 0 aliphatic heterocycles. The number of imidazole rings is 2. The van der Waals surface area contributed by atoms with Crippen LogP contribution < -0.4 is 20.1 Å². The molecule has 1 unspecified atom stereocenters. The van der Waals surface area contributed by atoms with E-state index in [4.69, 9.17) is 9.47 Å². The molecule has 0 aliphatic rings. The van der Waals surface area contributed by atoms with Crippen LogP contribution in [0, 0.1) is 24.0 Å². The van der Waals surface area contributed by atoms with Crippen molar-refractivity contribution in [2.75, 3.05) is 20.3 Å². The second-order valence-corrected chi connectivity index (χ2v) is 11.7. The molecule has 0 radical (unpaired) electrons. The molecule has 47 heavy (non-hydrogen) atoms. The average Bonchev–Trinajstić information content (AvgIpc) is 3.72. The van der Waals surface area contributed by atoms with Gasteiger partial charge in [-0.3, -0.25) is 18.8 Å². The largest absolute Gasteiger partial charge is 0.497 e. The maximum atomic E-state index is 13.5. The molecule has 0 saturated heterocycles. The van der Waals surface area contributed by atoms with Crippen LogP contribution in [-0.4, -0.2) is 78.3 Å². The Kier molecular flexibility index (Phi) is 11.9. The lowest BCUT2D eigenvalue weighted by atomic mass is 10.1. The number of aromatic nitrogens is 5. The Balaban J connectivity index is 1.40. The van der Waals surface area contributed by atoms with E-state index in [1.807, 2.05) is 0 Å². The number of nitrogens with one attached hydrogen (secondary N) is 4. The molecule has 0 saturated carbocycles. The van der Waals surface area contributed by atoms with Gasteiger partial charge in [-0.25, -0.2) is 14.8 Å². The normalized spacial score (nSPS) is 12.2. The number of esters is 1. The van der Waals surface area contributed by atoms with Gasteiger partial charge >= 0.3 is 5.97 Å². The number of methoxy groups -OCH3 is 1. The lowest BCUT2D eigenvalue weighted by molar-refractivity contribution is -0.757. The first-order valence-electron chi connectivity index (χ1n) is 14.4. The molecule has 0 spiro atoms. The number of hydrogen-bond donors (Lipinski definition) is 4. The zero-order chi connectivity index (χ0) is 33.9. The van der Waals surface area contributed by atoms with Crippen LogP contribution in [0.25, 0.3) is 11.0 Å². The molecule has 4 rings (SSSR count). The Bertz CT molecular complexity index is 1760. The van der Waals surface area contributed by atoms with Crippen LogP contribution in [0.5, 0.6) is 11.5 Å². The molecule has 18 heteroatoms. The molecular weight excluding hydrogens is 636 g/mol. The smallest absolute Gasteiger partial charge is 0.334 e. The summed E-state index contributed by atoms with van der Waals surface area (Å²) in [5.41, 5.74) is 3.36. The number of benzene rings is 1. The quantitative estimate of drug-likeness (QED) is 0.0544. The van der Waals surface area contributed by atoms with Gasteiger partial charge in [-0.15, -0.1) is 10.1 Å². The summed E-state index contributed by atoms with van der Waals surface area (Å²) in [7, 11) is -0.0544. The van der Waals surface area contributed by atoms with Gasteiger partial charge in [0.1, 0.15) is 17.5 Å². The molecule has 1 aromatic carbocycles. The molecule has 3 aromatic heterocycles. The van der Waals surface area contributed by atoms with E-state index < -0.39 is 39.7 Å². The third-order valence-electron chi connectivity index (χ3n) is 6.92. The Morgan fingerprint density at radius 1 is 1.15 bits per heavy atom. The van der Waals surface area contributed by atoms with Crippen molar-refractivity contribution in [3.8, 4) is 11.5 Å². The highest BCUT2D eigenvalue weighted by molar-refractivity contribution is 7.84. The van der Waals surface area contributed by atoms with E-state index in [1.54, 1.807) is 39.2 Å². The van der Waals surface area contributed by atoms with Crippen LogP contribution in [0.15, 0.2) is 42.1 Å². The second-order valence-electron chi connectivity index (χ2n) is 10.3. The predicted molar refractivity (Wildman–Crippen MR) is 166 cm³/mol. The highest BCUT2D eigenvalue weighted by Crippen LogP contribution is 2.27. The summed E-state index contributed by atoms with van der Waals surface area (Å²) < 4.78 is 24.3. The minimum atomic E-state index is -1.61. The van der Waals surface area contributed by atoms with E-state index in [1.165, 1.54) is 18.7 Å². The van der Waals surface area contributed by atoms with Crippen molar-refractivity contribution in [2.45, 2.75) is 56.5 Å². The van der Waals surface area contributed by atoms with Gasteiger partial charge < -0.3 is 34.9 Å². The molecule has 2 amide bonds. The van der Waals surface area contributed by atoms with Crippen molar-refractivity contribution in [1.29, 1.82) is 0 Å². The summed E-state index contributed by atoms with van der Waals surface area (Å²) in [5, 5.41) is 14.7. The van der Waals surface area contributed by atoms with E-state index in [-0.39, 0.29) is 55.5 Å². The van der Waals surface area contributed by atoms with Crippen LogP contribution in [-0.2, 0) is 42.2 Å². The standard InChI is InChI=1S/C29H34N8O9S/c1-17-13-32-24(15-47(43)29-35-21-7-6-20(44-3)12-22(21)36-29)18(2)27(17)46-28(40)23(11-19-14-30-16-33-19)34-26(39)8-9-31-25(38)5-4-10-45-37(41)42/h6-7,12-14,16,23H,4-5,8-11,15H2,1-3H3,(H,30,33)(H,31,38)(H,34,39)(H,35,36)/t23-,47?/m0/s1. The number of fused-ring (bicyclic) bond motifs is 1. The first-order valence-corrected chi connectivity index (χ1v) is 15.8. The van der Waals surface area contributed by atoms with Crippen molar-refractivity contribution in [1.82, 2.24) is 35.6 Å². The lowest BCUT2D eigenvalue weighted by Crippen LogP contribution is -2.45. The van der Waals surface area contributed by atoms with Gasteiger partial charge in [-0.05, 0) is 32.4 Å². The molecule has 0 bridgehead atoms. The first kappa shape index (κ1) is 34.5. The predicted octanol–water partition coefficient (Wildman–Crippen LogP) is 1.74. The van der Waals surface area contributed by atoms with Crippen molar-refractivity contribution in [3.05, 3.63) is 69.5 Å². The van der Waals surface area contributed by atoms with Crippen LogP contribution >= 0.6 is 0 Å². The van der Waals surface area contributed by atoms with E-state index >= 15 is 0 Å². The van der Waals surface area contributed by atoms with Crippen LogP contribution in [0.3, 0.4) is 0 Å². The van der Waals surface area contributed by atoms with E-state index in [0.29, 0.717) is 39.3 Å². The fraction of sp³-hybridized carbons (Fsp3) is 0.379. The fourth-order valence-corrected chi connectivity index (χ4v) is 5.58. The van der Waals surface area contributed by atoms with Crippen LogP contribution in [0.4, 0.5) is 0 Å². The van der Waals surface area contributed by atoms with E-state index in [0.717, 1.165) is 0 Å². The molecule has 0 fully saturated rings. The summed E-state index contributed by atoms with van der Waals surface area (Å²) in [4.78, 5) is 71.2. The molecule has 17 nitrogen and oxygen atoms in total. The molecular formula is C29H34N8O9S. The average molecular weight is 671 g/mol. The van der Waals surface area contributed by atoms with E-state index in [2.05, 4.69) is 40.4 Å². The van der Waals surface area contributed by atoms with Gasteiger partial charge in [0.25, 0.3) is 5.09 Å². The summed E-state index contributed by atoms with van der Waals surface area (Å²) >= 11 is 0. The zero-order valence-corrected chi connectivity index (χ0v) is 26.7. The molecule has 3 heterocycles. The molecule has 0 aliphatic carbocycles. The van der Waals surface area contributed by atoms with Gasteiger partial charge in [0.2, 0.25) is 11.8 Å². The Morgan fingerprint density at radius 3 is 2.68 bits per heavy atom. The van der Waals surface area contributed by atoms with Gasteiger partial charge in [0, 0.05) is 61.1 Å². The number of aryl methyl sites for hydroxylation is 1. The highest BCUT2D eigenvalue weighted by Gasteiger charge is 2.26. The summed E-state index contributed by atoms with van der Waals surface area (Å²) in [6.07, 6.45) is 4.50. The maximum Gasteiger partial charge on any atom is 0.334 e.